The highest BCUT2D eigenvalue weighted by molar-refractivity contribution is 7.99. The highest BCUT2D eigenvalue weighted by Gasteiger charge is 2.35. The minimum absolute atomic E-state index is 0.00103. The third kappa shape index (κ3) is 7.27. The van der Waals surface area contributed by atoms with Gasteiger partial charge < -0.3 is 9.80 Å². The predicted molar refractivity (Wildman–Crippen MR) is 267 cm³/mol. The van der Waals surface area contributed by atoms with Crippen LogP contribution in [0.3, 0.4) is 0 Å². The van der Waals surface area contributed by atoms with Crippen LogP contribution in [0.2, 0.25) is 0 Å². The molecule has 0 aromatic heterocycles. The minimum atomic E-state index is -0.00103. The Morgan fingerprint density at radius 1 is 0.484 bits per heavy atom. The Labute approximate surface area is 371 Å². The summed E-state index contributed by atoms with van der Waals surface area (Å²) in [6.45, 7) is 8.87. The molecule has 302 valence electrons. The second-order valence-electron chi connectivity index (χ2n) is 16.8. The van der Waals surface area contributed by atoms with E-state index in [1.807, 2.05) is 11.8 Å². The molecule has 0 N–H and O–H groups in total. The van der Waals surface area contributed by atoms with Crippen LogP contribution in [0.5, 0.6) is 0 Å². The first-order valence-corrected chi connectivity index (χ1v) is 22.7. The largest absolute Gasteiger partial charge is 0.311 e. The molecule has 1 aliphatic heterocycles. The molecule has 8 aromatic carbocycles. The van der Waals surface area contributed by atoms with Gasteiger partial charge in [0.2, 0.25) is 0 Å². The van der Waals surface area contributed by atoms with E-state index in [1.54, 1.807) is 0 Å². The SMILES string of the molecule is C/C=C\C(=C/C)N(c1ccc(-c2ccc3c(c2)-c2ccccc2C3(C)C)cc1)c1cccc(-c2ccc(N(c3ccccc3)c3ccc(-c4ccc5c(c4)SCC5)cc3)cc2)c1. The zero-order valence-corrected chi connectivity index (χ0v) is 36.7. The molecule has 0 amide bonds. The summed E-state index contributed by atoms with van der Waals surface area (Å²) >= 11 is 1.97. The Balaban J connectivity index is 0.943. The normalized spacial score (nSPS) is 13.8. The van der Waals surface area contributed by atoms with Crippen LogP contribution in [0.1, 0.15) is 44.4 Å². The van der Waals surface area contributed by atoms with Crippen molar-refractivity contribution in [1.29, 1.82) is 0 Å². The minimum Gasteiger partial charge on any atom is -0.311 e. The Morgan fingerprint density at radius 2 is 1.03 bits per heavy atom. The summed E-state index contributed by atoms with van der Waals surface area (Å²) in [4.78, 5) is 6.12. The molecule has 1 heterocycles. The second-order valence-corrected chi connectivity index (χ2v) is 17.9. The Morgan fingerprint density at radius 3 is 1.71 bits per heavy atom. The van der Waals surface area contributed by atoms with Crippen molar-refractivity contribution < 1.29 is 0 Å². The number of benzene rings is 8. The van der Waals surface area contributed by atoms with Gasteiger partial charge in [-0.2, -0.15) is 0 Å². The lowest BCUT2D eigenvalue weighted by atomic mass is 9.82. The van der Waals surface area contributed by atoms with Gasteiger partial charge in [-0.1, -0.05) is 141 Å². The number of hydrogen-bond donors (Lipinski definition) is 0. The van der Waals surface area contributed by atoms with Crippen LogP contribution in [0.25, 0.3) is 44.5 Å². The van der Waals surface area contributed by atoms with Gasteiger partial charge in [-0.3, -0.25) is 0 Å². The van der Waals surface area contributed by atoms with Crippen LogP contribution >= 0.6 is 11.8 Å². The van der Waals surface area contributed by atoms with E-state index in [9.17, 15) is 0 Å². The molecular weight excluding hydrogens is 769 g/mol. The van der Waals surface area contributed by atoms with Crippen molar-refractivity contribution in [2.45, 2.75) is 44.4 Å². The van der Waals surface area contributed by atoms with E-state index in [1.165, 1.54) is 67.1 Å². The lowest BCUT2D eigenvalue weighted by Crippen LogP contribution is -2.15. The first-order chi connectivity index (χ1) is 30.4. The molecule has 0 saturated carbocycles. The number of anilines is 5. The van der Waals surface area contributed by atoms with E-state index in [4.69, 9.17) is 0 Å². The van der Waals surface area contributed by atoms with Crippen LogP contribution in [0.15, 0.2) is 217 Å². The highest BCUT2D eigenvalue weighted by Crippen LogP contribution is 2.50. The molecule has 0 saturated heterocycles. The molecule has 0 fully saturated rings. The van der Waals surface area contributed by atoms with Gasteiger partial charge in [0.1, 0.15) is 0 Å². The fourth-order valence-corrected chi connectivity index (χ4v) is 10.5. The molecule has 2 aliphatic rings. The van der Waals surface area contributed by atoms with Gasteiger partial charge in [0.05, 0.1) is 0 Å². The summed E-state index contributed by atoms with van der Waals surface area (Å²) in [7, 11) is 0. The fourth-order valence-electron chi connectivity index (χ4n) is 9.42. The van der Waals surface area contributed by atoms with Crippen molar-refractivity contribution in [3.8, 4) is 44.5 Å². The highest BCUT2D eigenvalue weighted by atomic mass is 32.2. The molecule has 3 heteroatoms. The van der Waals surface area contributed by atoms with Crippen LogP contribution in [0, 0.1) is 0 Å². The van der Waals surface area contributed by atoms with Crippen LogP contribution in [-0.2, 0) is 11.8 Å². The fraction of sp³-hybridized carbons (Fsp3) is 0.119. The quantitative estimate of drug-likeness (QED) is 0.127. The second kappa shape index (κ2) is 16.6. The van der Waals surface area contributed by atoms with Crippen molar-refractivity contribution in [2.75, 3.05) is 15.6 Å². The van der Waals surface area contributed by atoms with Crippen LogP contribution in [-0.4, -0.2) is 5.75 Å². The molecule has 1 aliphatic carbocycles. The molecule has 62 heavy (non-hydrogen) atoms. The smallest absolute Gasteiger partial charge is 0.0467 e. The number of hydrogen-bond acceptors (Lipinski definition) is 3. The Bertz CT molecular complexity index is 2960. The Kier molecular flexibility index (Phi) is 10.5. The molecule has 0 spiro atoms. The average Bonchev–Trinajstić information content (AvgIpc) is 3.89. The molecule has 0 unspecified atom stereocenters. The van der Waals surface area contributed by atoms with Crippen molar-refractivity contribution >= 4 is 40.2 Å². The van der Waals surface area contributed by atoms with E-state index in [-0.39, 0.29) is 5.41 Å². The van der Waals surface area contributed by atoms with Gasteiger partial charge in [0.15, 0.2) is 0 Å². The number of aryl methyl sites for hydroxylation is 1. The molecule has 2 nitrogen and oxygen atoms in total. The lowest BCUT2D eigenvalue weighted by molar-refractivity contribution is 0.660. The lowest BCUT2D eigenvalue weighted by Gasteiger charge is -2.27. The Hall–Kier alpha value is -6.81. The molecular formula is C59H50N2S. The number of fused-ring (bicyclic) bond motifs is 4. The summed E-state index contributed by atoms with van der Waals surface area (Å²) in [5.41, 5.74) is 20.9. The summed E-state index contributed by atoms with van der Waals surface area (Å²) in [5.74, 6) is 1.18. The van der Waals surface area contributed by atoms with Gasteiger partial charge in [-0.25, -0.2) is 0 Å². The molecule has 0 bridgehead atoms. The van der Waals surface area contributed by atoms with Gasteiger partial charge >= 0.3 is 0 Å². The first-order valence-electron chi connectivity index (χ1n) is 21.8. The van der Waals surface area contributed by atoms with Gasteiger partial charge in [0, 0.05) is 50.2 Å². The number of thioether (sulfide) groups is 1. The van der Waals surface area contributed by atoms with Gasteiger partial charge in [-0.05, 0) is 160 Å². The number of para-hydroxylation sites is 1. The van der Waals surface area contributed by atoms with Crippen LogP contribution in [0.4, 0.5) is 28.4 Å². The molecule has 0 radical (unpaired) electrons. The third-order valence-electron chi connectivity index (χ3n) is 12.7. The number of nitrogens with zero attached hydrogens (tertiary/aromatic N) is 2. The summed E-state index contributed by atoms with van der Waals surface area (Å²) < 4.78 is 0. The summed E-state index contributed by atoms with van der Waals surface area (Å²) in [6, 6.07) is 69.4. The maximum absolute atomic E-state index is 2.38. The van der Waals surface area contributed by atoms with Crippen molar-refractivity contribution in [1.82, 2.24) is 0 Å². The molecule has 8 aromatic rings. The molecule has 10 rings (SSSR count). The number of rotatable bonds is 10. The van der Waals surface area contributed by atoms with E-state index in [0.717, 1.165) is 45.3 Å². The van der Waals surface area contributed by atoms with Crippen molar-refractivity contribution in [3.63, 3.8) is 0 Å². The van der Waals surface area contributed by atoms with Crippen molar-refractivity contribution in [2.24, 2.45) is 0 Å². The first kappa shape index (κ1) is 39.3. The molecule has 0 atom stereocenters. The van der Waals surface area contributed by atoms with Crippen LogP contribution < -0.4 is 9.80 Å². The van der Waals surface area contributed by atoms with E-state index in [2.05, 4.69) is 244 Å². The topological polar surface area (TPSA) is 6.48 Å². The zero-order valence-electron chi connectivity index (χ0n) is 35.8. The number of allylic oxidation sites excluding steroid dienone is 3. The van der Waals surface area contributed by atoms with E-state index < -0.39 is 0 Å². The third-order valence-corrected chi connectivity index (χ3v) is 13.8. The maximum atomic E-state index is 2.38. The zero-order chi connectivity index (χ0) is 42.2. The predicted octanol–water partition coefficient (Wildman–Crippen LogP) is 16.7. The van der Waals surface area contributed by atoms with E-state index >= 15 is 0 Å². The standard InChI is InChI=1S/C59H50N2S/c1-5-13-48(6-2)60(50-29-24-42(25-30-50)46-28-35-57-55(39-46)54-18-10-11-19-56(54)59(57,3)4)53-17-12-14-45(38-53)41-22-31-51(32-23-41)61(49-15-8-7-9-16-49)52-33-26-43(27-34-52)47-21-20-44-36-37-62-58(44)40-47/h5-35,38-40H,36-37H2,1-4H3/b13-5-,48-6+. The van der Waals surface area contributed by atoms with Gasteiger partial charge in [-0.15, -0.1) is 11.8 Å². The van der Waals surface area contributed by atoms with E-state index in [0.29, 0.717) is 0 Å². The summed E-state index contributed by atoms with van der Waals surface area (Å²) in [5, 5.41) is 0. The average molecular weight is 819 g/mol. The van der Waals surface area contributed by atoms with Gasteiger partial charge in [0.25, 0.3) is 0 Å². The van der Waals surface area contributed by atoms with Crippen molar-refractivity contribution in [3.05, 3.63) is 229 Å². The monoisotopic (exact) mass is 818 g/mol. The summed E-state index contributed by atoms with van der Waals surface area (Å²) in [6.07, 6.45) is 7.65. The maximum Gasteiger partial charge on any atom is 0.0467 e.